The molecule has 1 heterocycles. The number of para-hydroxylation sites is 2. The van der Waals surface area contributed by atoms with Crippen LogP contribution in [0.1, 0.15) is 35.5 Å². The molecule has 0 radical (unpaired) electrons. The molecule has 0 saturated heterocycles. The maximum Gasteiger partial charge on any atom is 0.272 e. The van der Waals surface area contributed by atoms with Gasteiger partial charge in [0.25, 0.3) is 5.91 Å². The Bertz CT molecular complexity index is 845. The molecule has 3 rings (SSSR count). The maximum atomic E-state index is 12.6. The molecule has 3 aromatic rings. The van der Waals surface area contributed by atoms with Gasteiger partial charge in [0.2, 0.25) is 0 Å². The van der Waals surface area contributed by atoms with Crippen LogP contribution < -0.4 is 5.32 Å². The highest BCUT2D eigenvalue weighted by molar-refractivity contribution is 6.35. The van der Waals surface area contributed by atoms with Crippen molar-refractivity contribution in [2.75, 3.05) is 5.32 Å². The van der Waals surface area contributed by atoms with Gasteiger partial charge in [0.05, 0.1) is 10.5 Å². The Labute approximate surface area is 140 Å². The summed E-state index contributed by atoms with van der Waals surface area (Å²) in [5.41, 5.74) is 4.52. The molecule has 2 aromatic carbocycles. The molecule has 0 aliphatic carbocycles. The molecular weight excluding hydrogens is 308 g/mol. The molecule has 1 amide bonds. The van der Waals surface area contributed by atoms with E-state index in [0.717, 1.165) is 40.6 Å². The van der Waals surface area contributed by atoms with Gasteiger partial charge in [-0.15, -0.1) is 0 Å². The van der Waals surface area contributed by atoms with Crippen molar-refractivity contribution in [3.63, 3.8) is 0 Å². The van der Waals surface area contributed by atoms with Crippen LogP contribution in [0.2, 0.25) is 5.02 Å². The quantitative estimate of drug-likeness (QED) is 0.680. The number of carbonyl (C=O) groups excluding carboxylic acids is 1. The number of anilines is 1. The van der Waals surface area contributed by atoms with Crippen LogP contribution in [-0.4, -0.2) is 10.9 Å². The molecule has 118 valence electrons. The molecule has 0 unspecified atom stereocenters. The number of nitrogens with one attached hydrogen (secondary N) is 2. The highest BCUT2D eigenvalue weighted by atomic mass is 35.5. The van der Waals surface area contributed by atoms with Crippen molar-refractivity contribution in [3.8, 4) is 0 Å². The van der Waals surface area contributed by atoms with Crippen molar-refractivity contribution in [1.29, 1.82) is 0 Å². The van der Waals surface area contributed by atoms with E-state index in [2.05, 4.69) is 36.3 Å². The van der Waals surface area contributed by atoms with Gasteiger partial charge < -0.3 is 10.3 Å². The van der Waals surface area contributed by atoms with Crippen molar-refractivity contribution in [1.82, 2.24) is 4.98 Å². The minimum absolute atomic E-state index is 0.145. The van der Waals surface area contributed by atoms with Gasteiger partial charge in [-0.05, 0) is 36.1 Å². The topological polar surface area (TPSA) is 44.9 Å². The molecule has 0 atom stereocenters. The van der Waals surface area contributed by atoms with Crippen molar-refractivity contribution < 1.29 is 4.79 Å². The third-order valence-electron chi connectivity index (χ3n) is 4.09. The average molecular weight is 327 g/mol. The lowest BCUT2D eigenvalue weighted by Gasteiger charge is -2.13. The number of fused-ring (bicyclic) bond motifs is 1. The van der Waals surface area contributed by atoms with Crippen LogP contribution in [-0.2, 0) is 12.8 Å². The van der Waals surface area contributed by atoms with Gasteiger partial charge in [0, 0.05) is 11.1 Å². The predicted molar refractivity (Wildman–Crippen MR) is 96.5 cm³/mol. The van der Waals surface area contributed by atoms with Gasteiger partial charge in [0.1, 0.15) is 5.69 Å². The van der Waals surface area contributed by atoms with E-state index >= 15 is 0 Å². The fraction of sp³-hybridized carbons (Fsp3) is 0.211. The van der Waals surface area contributed by atoms with Crippen molar-refractivity contribution in [2.45, 2.75) is 26.7 Å². The number of carbonyl (C=O) groups is 1. The number of hydrogen-bond acceptors (Lipinski definition) is 1. The van der Waals surface area contributed by atoms with E-state index in [-0.39, 0.29) is 5.91 Å². The largest absolute Gasteiger partial charge is 0.349 e. The fourth-order valence-electron chi connectivity index (χ4n) is 2.83. The summed E-state index contributed by atoms with van der Waals surface area (Å²) >= 11 is 6.17. The van der Waals surface area contributed by atoms with E-state index in [4.69, 9.17) is 11.6 Å². The third-order valence-corrected chi connectivity index (χ3v) is 4.40. The summed E-state index contributed by atoms with van der Waals surface area (Å²) in [6.07, 6.45) is 1.75. The molecule has 2 N–H and O–H groups in total. The lowest BCUT2D eigenvalue weighted by molar-refractivity contribution is 0.102. The fourth-order valence-corrected chi connectivity index (χ4v) is 3.05. The first-order valence-corrected chi connectivity index (χ1v) is 8.21. The van der Waals surface area contributed by atoms with Crippen molar-refractivity contribution in [3.05, 3.63) is 64.3 Å². The number of H-pyrrole nitrogens is 1. The normalized spacial score (nSPS) is 10.9. The smallest absolute Gasteiger partial charge is 0.272 e. The Kier molecular flexibility index (Phi) is 4.39. The second-order valence-electron chi connectivity index (χ2n) is 5.50. The number of halogens is 1. The summed E-state index contributed by atoms with van der Waals surface area (Å²) < 4.78 is 0. The van der Waals surface area contributed by atoms with E-state index in [0.29, 0.717) is 10.7 Å². The van der Waals surface area contributed by atoms with Gasteiger partial charge >= 0.3 is 0 Å². The summed E-state index contributed by atoms with van der Waals surface area (Å²) in [5, 5.41) is 4.61. The van der Waals surface area contributed by atoms with Crippen LogP contribution in [0, 0.1) is 0 Å². The first-order valence-electron chi connectivity index (χ1n) is 7.83. The molecule has 1 aromatic heterocycles. The van der Waals surface area contributed by atoms with E-state index in [1.807, 2.05) is 30.3 Å². The van der Waals surface area contributed by atoms with Crippen LogP contribution in [0.25, 0.3) is 10.9 Å². The van der Waals surface area contributed by atoms with Gasteiger partial charge in [-0.1, -0.05) is 55.8 Å². The number of benzene rings is 2. The lowest BCUT2D eigenvalue weighted by atomic mass is 10.0. The number of hydrogen-bond donors (Lipinski definition) is 2. The minimum atomic E-state index is -0.145. The summed E-state index contributed by atoms with van der Waals surface area (Å²) in [7, 11) is 0. The molecule has 0 aliphatic heterocycles. The Morgan fingerprint density at radius 2 is 1.74 bits per heavy atom. The lowest BCUT2D eigenvalue weighted by Crippen LogP contribution is -2.15. The average Bonchev–Trinajstić information content (AvgIpc) is 3.01. The van der Waals surface area contributed by atoms with E-state index in [1.165, 1.54) is 0 Å². The molecule has 0 aliphatic rings. The molecule has 23 heavy (non-hydrogen) atoms. The number of amides is 1. The van der Waals surface area contributed by atoms with Gasteiger partial charge in [-0.2, -0.15) is 0 Å². The van der Waals surface area contributed by atoms with Gasteiger partial charge in [-0.3, -0.25) is 4.79 Å². The van der Waals surface area contributed by atoms with Crippen LogP contribution in [0.3, 0.4) is 0 Å². The highest BCUT2D eigenvalue weighted by Gasteiger charge is 2.14. The standard InChI is InChI=1S/C19H19ClN2O/c1-3-12-7-5-8-13(4-2)17(12)22-19(23)16-11-14-9-6-10-15(20)18(14)21-16/h5-11,21H,3-4H2,1-2H3,(H,22,23). The molecule has 3 nitrogen and oxygen atoms in total. The summed E-state index contributed by atoms with van der Waals surface area (Å²) in [6.45, 7) is 4.18. The summed E-state index contributed by atoms with van der Waals surface area (Å²) in [5.74, 6) is -0.145. The number of aryl methyl sites for hydroxylation is 2. The number of aromatic amines is 1. The zero-order valence-electron chi connectivity index (χ0n) is 13.2. The molecule has 0 bridgehead atoms. The highest BCUT2D eigenvalue weighted by Crippen LogP contribution is 2.26. The van der Waals surface area contributed by atoms with Gasteiger partial charge in [0.15, 0.2) is 0 Å². The summed E-state index contributed by atoms with van der Waals surface area (Å²) in [6, 6.07) is 13.6. The monoisotopic (exact) mass is 326 g/mol. The Balaban J connectivity index is 1.96. The van der Waals surface area contributed by atoms with E-state index < -0.39 is 0 Å². The molecule has 0 saturated carbocycles. The SMILES string of the molecule is CCc1cccc(CC)c1NC(=O)c1cc2cccc(Cl)c2[nH]1. The first kappa shape index (κ1) is 15.6. The minimum Gasteiger partial charge on any atom is -0.349 e. The van der Waals surface area contributed by atoms with Crippen LogP contribution in [0.4, 0.5) is 5.69 Å². The van der Waals surface area contributed by atoms with Gasteiger partial charge in [-0.25, -0.2) is 0 Å². The maximum absolute atomic E-state index is 12.6. The van der Waals surface area contributed by atoms with Crippen molar-refractivity contribution in [2.24, 2.45) is 0 Å². The van der Waals surface area contributed by atoms with Crippen molar-refractivity contribution >= 4 is 34.1 Å². The number of rotatable bonds is 4. The zero-order valence-corrected chi connectivity index (χ0v) is 14.0. The predicted octanol–water partition coefficient (Wildman–Crippen LogP) is 5.20. The second-order valence-corrected chi connectivity index (χ2v) is 5.91. The van der Waals surface area contributed by atoms with Crippen LogP contribution in [0.5, 0.6) is 0 Å². The second kappa shape index (κ2) is 6.47. The van der Waals surface area contributed by atoms with E-state index in [9.17, 15) is 4.79 Å². The van der Waals surface area contributed by atoms with E-state index in [1.54, 1.807) is 0 Å². The summed E-state index contributed by atoms with van der Waals surface area (Å²) in [4.78, 5) is 15.8. The Morgan fingerprint density at radius 3 is 2.35 bits per heavy atom. The third kappa shape index (κ3) is 2.97. The molecule has 0 fully saturated rings. The Morgan fingerprint density at radius 1 is 1.09 bits per heavy atom. The molecular formula is C19H19ClN2O. The molecule has 4 heteroatoms. The number of aromatic nitrogens is 1. The molecule has 0 spiro atoms. The van der Waals surface area contributed by atoms with Crippen LogP contribution >= 0.6 is 11.6 Å². The first-order chi connectivity index (χ1) is 11.1. The van der Waals surface area contributed by atoms with Crippen LogP contribution in [0.15, 0.2) is 42.5 Å². The Hall–Kier alpha value is -2.26. The zero-order chi connectivity index (χ0) is 16.4.